The predicted octanol–water partition coefficient (Wildman–Crippen LogP) is 2.70. The van der Waals surface area contributed by atoms with E-state index in [1.807, 2.05) is 0 Å². The lowest BCUT2D eigenvalue weighted by Gasteiger charge is -2.08. The third-order valence-corrected chi connectivity index (χ3v) is 2.98. The van der Waals surface area contributed by atoms with E-state index in [2.05, 4.69) is 4.74 Å². The zero-order chi connectivity index (χ0) is 12.5. The first-order valence-electron chi connectivity index (χ1n) is 3.89. The molecule has 0 aromatic heterocycles. The van der Waals surface area contributed by atoms with Gasteiger partial charge in [0.05, 0.1) is 17.9 Å². The topological polar surface area (TPSA) is 43.4 Å². The van der Waals surface area contributed by atoms with Gasteiger partial charge in [0.1, 0.15) is 0 Å². The molecule has 0 radical (unpaired) electrons. The van der Waals surface area contributed by atoms with Crippen molar-refractivity contribution in [3.63, 3.8) is 0 Å². The number of methoxy groups -OCH3 is 1. The Kier molecular flexibility index (Phi) is 3.98. The highest BCUT2D eigenvalue weighted by Crippen LogP contribution is 2.31. The van der Waals surface area contributed by atoms with E-state index >= 15 is 0 Å². The molecule has 0 aliphatic rings. The quantitative estimate of drug-likeness (QED) is 0.635. The second-order valence-electron chi connectivity index (χ2n) is 2.86. The Morgan fingerprint density at radius 1 is 1.38 bits per heavy atom. The molecular formula is C8H6Cl2F2O3S. The highest BCUT2D eigenvalue weighted by Gasteiger charge is 2.21. The first kappa shape index (κ1) is 13.5. The van der Waals surface area contributed by atoms with E-state index in [4.69, 9.17) is 22.3 Å². The molecular weight excluding hydrogens is 285 g/mol. The summed E-state index contributed by atoms with van der Waals surface area (Å²) in [7, 11) is 2.04. The molecule has 8 heteroatoms. The van der Waals surface area contributed by atoms with Crippen molar-refractivity contribution in [1.29, 1.82) is 0 Å². The van der Waals surface area contributed by atoms with E-state index in [0.717, 1.165) is 13.2 Å². The van der Waals surface area contributed by atoms with Crippen molar-refractivity contribution >= 4 is 31.3 Å². The van der Waals surface area contributed by atoms with Crippen LogP contribution in [0.15, 0.2) is 6.07 Å². The van der Waals surface area contributed by atoms with Crippen molar-refractivity contribution in [1.82, 2.24) is 0 Å². The van der Waals surface area contributed by atoms with Crippen LogP contribution in [0.1, 0.15) is 5.56 Å². The van der Waals surface area contributed by atoms with Crippen LogP contribution in [0.25, 0.3) is 0 Å². The summed E-state index contributed by atoms with van der Waals surface area (Å²) < 4.78 is 52.7. The van der Waals surface area contributed by atoms with E-state index in [9.17, 15) is 17.2 Å². The van der Waals surface area contributed by atoms with Crippen molar-refractivity contribution in [2.45, 2.75) is 5.75 Å². The van der Waals surface area contributed by atoms with E-state index in [0.29, 0.717) is 0 Å². The Hall–Kier alpha value is -0.590. The van der Waals surface area contributed by atoms with Gasteiger partial charge in [-0.05, 0) is 6.07 Å². The number of halogens is 4. The summed E-state index contributed by atoms with van der Waals surface area (Å²) in [5.41, 5.74) is -0.349. The zero-order valence-electron chi connectivity index (χ0n) is 7.93. The first-order valence-corrected chi connectivity index (χ1v) is 6.74. The molecule has 0 saturated carbocycles. The van der Waals surface area contributed by atoms with Crippen LogP contribution in [0.3, 0.4) is 0 Å². The summed E-state index contributed by atoms with van der Waals surface area (Å²) in [4.78, 5) is 0. The average molecular weight is 291 g/mol. The minimum absolute atomic E-state index is 0.349. The van der Waals surface area contributed by atoms with E-state index in [-0.39, 0.29) is 5.56 Å². The van der Waals surface area contributed by atoms with Crippen molar-refractivity contribution < 1.29 is 21.9 Å². The van der Waals surface area contributed by atoms with Gasteiger partial charge >= 0.3 is 0 Å². The van der Waals surface area contributed by atoms with Crippen LogP contribution in [-0.2, 0) is 14.8 Å². The summed E-state index contributed by atoms with van der Waals surface area (Å²) >= 11 is 5.44. The maximum Gasteiger partial charge on any atom is 0.236 e. The van der Waals surface area contributed by atoms with Gasteiger partial charge in [-0.3, -0.25) is 0 Å². The monoisotopic (exact) mass is 290 g/mol. The van der Waals surface area contributed by atoms with Crippen LogP contribution in [0.5, 0.6) is 5.75 Å². The summed E-state index contributed by atoms with van der Waals surface area (Å²) in [6.07, 6.45) is 0. The molecule has 0 heterocycles. The van der Waals surface area contributed by atoms with E-state index in [1.165, 1.54) is 0 Å². The Bertz CT molecular complexity index is 517. The van der Waals surface area contributed by atoms with Crippen molar-refractivity contribution in [2.75, 3.05) is 7.11 Å². The summed E-state index contributed by atoms with van der Waals surface area (Å²) in [6.45, 7) is 0. The maximum atomic E-state index is 13.5. The normalized spacial score (nSPS) is 11.6. The lowest BCUT2D eigenvalue weighted by atomic mass is 10.2. The highest BCUT2D eigenvalue weighted by atomic mass is 35.7. The molecule has 0 fully saturated rings. The van der Waals surface area contributed by atoms with Crippen LogP contribution in [0.4, 0.5) is 8.78 Å². The van der Waals surface area contributed by atoms with Crippen LogP contribution >= 0.6 is 22.3 Å². The van der Waals surface area contributed by atoms with Gasteiger partial charge in [0.25, 0.3) is 0 Å². The van der Waals surface area contributed by atoms with Gasteiger partial charge in [0.15, 0.2) is 17.4 Å². The molecule has 0 amide bonds. The number of ether oxygens (including phenoxy) is 1. The SMILES string of the molecule is COc1c(F)c(Cl)cc(CS(=O)(=O)Cl)c1F. The molecule has 3 nitrogen and oxygen atoms in total. The number of hydrogen-bond acceptors (Lipinski definition) is 3. The molecule has 0 spiro atoms. The molecule has 0 N–H and O–H groups in total. The molecule has 0 unspecified atom stereocenters. The van der Waals surface area contributed by atoms with E-state index in [1.54, 1.807) is 0 Å². The number of hydrogen-bond donors (Lipinski definition) is 0. The third-order valence-electron chi connectivity index (χ3n) is 1.72. The fourth-order valence-corrected chi connectivity index (χ4v) is 2.25. The zero-order valence-corrected chi connectivity index (χ0v) is 10.3. The lowest BCUT2D eigenvalue weighted by molar-refractivity contribution is 0.358. The molecule has 1 aromatic carbocycles. The van der Waals surface area contributed by atoms with Crippen molar-refractivity contribution in [3.8, 4) is 5.75 Å². The van der Waals surface area contributed by atoms with Crippen molar-refractivity contribution in [3.05, 3.63) is 28.3 Å². The van der Waals surface area contributed by atoms with Crippen molar-refractivity contribution in [2.24, 2.45) is 0 Å². The second kappa shape index (κ2) is 4.73. The number of rotatable bonds is 3. The van der Waals surface area contributed by atoms with Gasteiger partial charge in [0.2, 0.25) is 9.05 Å². The lowest BCUT2D eigenvalue weighted by Crippen LogP contribution is -2.03. The minimum Gasteiger partial charge on any atom is -0.491 e. The fraction of sp³-hybridized carbons (Fsp3) is 0.250. The van der Waals surface area contributed by atoms with Gasteiger partial charge in [-0.2, -0.15) is 0 Å². The Morgan fingerprint density at radius 2 is 1.94 bits per heavy atom. The molecule has 1 rings (SSSR count). The predicted molar refractivity (Wildman–Crippen MR) is 56.4 cm³/mol. The van der Waals surface area contributed by atoms with Crippen LogP contribution in [0.2, 0.25) is 5.02 Å². The fourth-order valence-electron chi connectivity index (χ4n) is 1.10. The second-order valence-corrected chi connectivity index (χ2v) is 6.05. The Morgan fingerprint density at radius 3 is 2.38 bits per heavy atom. The minimum atomic E-state index is -3.96. The van der Waals surface area contributed by atoms with Crippen LogP contribution in [-0.4, -0.2) is 15.5 Å². The van der Waals surface area contributed by atoms with Gasteiger partial charge in [-0.25, -0.2) is 17.2 Å². The van der Waals surface area contributed by atoms with Gasteiger partial charge in [-0.1, -0.05) is 11.6 Å². The summed E-state index contributed by atoms with van der Waals surface area (Å²) in [5, 5.41) is -0.437. The highest BCUT2D eigenvalue weighted by molar-refractivity contribution is 8.13. The largest absolute Gasteiger partial charge is 0.491 e. The third kappa shape index (κ3) is 2.96. The molecule has 90 valence electrons. The van der Waals surface area contributed by atoms with Crippen LogP contribution < -0.4 is 4.74 Å². The maximum absolute atomic E-state index is 13.5. The molecule has 1 aromatic rings. The van der Waals surface area contributed by atoms with Crippen LogP contribution in [0, 0.1) is 11.6 Å². The smallest absolute Gasteiger partial charge is 0.236 e. The number of benzene rings is 1. The molecule has 0 bridgehead atoms. The van der Waals surface area contributed by atoms with Gasteiger partial charge < -0.3 is 4.74 Å². The Labute approximate surface area is 100 Å². The standard InChI is InChI=1S/C8H6Cl2F2O3S/c1-15-8-6(11)4(3-16(10,13)14)2-5(9)7(8)12/h2H,3H2,1H3. The Balaban J connectivity index is 3.37. The van der Waals surface area contributed by atoms with Gasteiger partial charge in [0, 0.05) is 16.2 Å². The van der Waals surface area contributed by atoms with E-state index < -0.39 is 37.2 Å². The summed E-state index contributed by atoms with van der Waals surface area (Å²) in [6, 6.07) is 0.856. The molecule has 0 atom stereocenters. The average Bonchev–Trinajstić information content (AvgIpc) is 2.13. The molecule has 0 aliphatic heterocycles. The molecule has 0 saturated heterocycles. The first-order chi connectivity index (χ1) is 7.26. The summed E-state index contributed by atoms with van der Waals surface area (Å²) in [5.74, 6) is -3.75. The molecule has 16 heavy (non-hydrogen) atoms. The van der Waals surface area contributed by atoms with Gasteiger partial charge in [-0.15, -0.1) is 0 Å². The molecule has 0 aliphatic carbocycles.